The first-order valence-electron chi connectivity index (χ1n) is 15.6. The third-order valence-electron chi connectivity index (χ3n) is 7.79. The van der Waals surface area contributed by atoms with Crippen LogP contribution in [-0.2, 0) is 11.2 Å². The highest BCUT2D eigenvalue weighted by molar-refractivity contribution is 6.04. The number of nitro benzene ring substituents is 2. The van der Waals surface area contributed by atoms with Crippen molar-refractivity contribution in [3.63, 3.8) is 0 Å². The van der Waals surface area contributed by atoms with Crippen molar-refractivity contribution in [3.8, 4) is 22.9 Å². The first kappa shape index (κ1) is 35.9. The Labute approximate surface area is 290 Å². The third kappa shape index (κ3) is 7.61. The van der Waals surface area contributed by atoms with Crippen LogP contribution >= 0.6 is 0 Å². The minimum atomic E-state index is -1.35. The van der Waals surface area contributed by atoms with Gasteiger partial charge in [-0.15, -0.1) is 5.01 Å². The van der Waals surface area contributed by atoms with Gasteiger partial charge in [0.1, 0.15) is 22.9 Å². The van der Waals surface area contributed by atoms with Gasteiger partial charge in [0, 0.05) is 42.8 Å². The van der Waals surface area contributed by atoms with Gasteiger partial charge >= 0.3 is 18.3 Å². The first-order chi connectivity index (χ1) is 23.9. The Kier molecular flexibility index (Phi) is 9.75. The molecular formula is C34H33FN6O10. The van der Waals surface area contributed by atoms with Crippen molar-refractivity contribution in [2.45, 2.75) is 59.6 Å². The van der Waals surface area contributed by atoms with Gasteiger partial charge in [0.2, 0.25) is 0 Å². The molecule has 0 radical (unpaired) electrons. The second-order valence-corrected chi connectivity index (χ2v) is 12.7. The Morgan fingerprint density at radius 1 is 0.882 bits per heavy atom. The molecule has 4 aromatic rings. The van der Waals surface area contributed by atoms with Crippen LogP contribution in [0.2, 0.25) is 0 Å². The zero-order chi connectivity index (χ0) is 37.4. The van der Waals surface area contributed by atoms with E-state index in [4.69, 9.17) is 19.2 Å². The number of aryl methyl sites for hydroxylation is 2. The summed E-state index contributed by atoms with van der Waals surface area (Å²) in [7, 11) is 0. The van der Waals surface area contributed by atoms with E-state index in [0.717, 1.165) is 53.2 Å². The summed E-state index contributed by atoms with van der Waals surface area (Å²) in [4.78, 5) is 68.9. The van der Waals surface area contributed by atoms with E-state index < -0.39 is 45.6 Å². The van der Waals surface area contributed by atoms with Gasteiger partial charge in [-0.1, -0.05) is 0 Å². The number of benzene rings is 3. The van der Waals surface area contributed by atoms with Crippen molar-refractivity contribution < 1.29 is 42.8 Å². The number of halogens is 1. The van der Waals surface area contributed by atoms with Crippen LogP contribution in [0.5, 0.6) is 11.5 Å². The van der Waals surface area contributed by atoms with Crippen molar-refractivity contribution in [2.24, 2.45) is 0 Å². The van der Waals surface area contributed by atoms with E-state index >= 15 is 0 Å². The molecule has 0 N–H and O–H groups in total. The van der Waals surface area contributed by atoms with Crippen LogP contribution in [-0.4, -0.2) is 54.8 Å². The van der Waals surface area contributed by atoms with Crippen LogP contribution in [0.3, 0.4) is 0 Å². The standard InChI is InChI=1S/C34H33FN6O10/c1-19-17-22(18-20(2)28(19)35)30-36-27-15-16-37(31(42)51-34(4,5)6)21(3)29(27)38(30)39(32(43)49-25-11-7-23(8-12-25)40(45)46)33(44)50-26-13-9-24(10-14-26)41(47)48/h7-14,17-18,21H,15-16H2,1-6H3/t21-/m0/s1. The molecule has 5 rings (SSSR count). The Bertz CT molecular complexity index is 1950. The molecule has 0 saturated heterocycles. The summed E-state index contributed by atoms with van der Waals surface area (Å²) in [6.45, 7) is 10.0. The summed E-state index contributed by atoms with van der Waals surface area (Å²) in [6.07, 6.45) is -3.21. The molecule has 0 saturated carbocycles. The SMILES string of the molecule is Cc1cc(-c2nc3c(n2N(C(=O)Oc2ccc([N+](=O)[O-])cc2)C(=O)Oc2ccc([N+](=O)[O-])cc2)[C@H](C)N(C(=O)OC(C)(C)C)CC3)cc(C)c1F. The van der Waals surface area contributed by atoms with Gasteiger partial charge in [0.05, 0.1) is 27.3 Å². The maximum absolute atomic E-state index is 14.8. The number of carbonyl (C=O) groups is 3. The van der Waals surface area contributed by atoms with Gasteiger partial charge < -0.3 is 14.2 Å². The van der Waals surface area contributed by atoms with E-state index in [1.807, 2.05) is 0 Å². The molecule has 1 aromatic heterocycles. The molecule has 266 valence electrons. The maximum Gasteiger partial charge on any atom is 0.444 e. The number of carbonyl (C=O) groups excluding carboxylic acids is 3. The number of imide groups is 1. The molecule has 1 aliphatic heterocycles. The second-order valence-electron chi connectivity index (χ2n) is 12.7. The Morgan fingerprint density at radius 2 is 1.35 bits per heavy atom. The molecular weight excluding hydrogens is 671 g/mol. The maximum atomic E-state index is 14.8. The molecule has 0 spiro atoms. The Balaban J connectivity index is 1.69. The molecule has 17 heteroatoms. The molecule has 1 atom stereocenters. The van der Waals surface area contributed by atoms with Gasteiger partial charge in [-0.05, 0) is 89.1 Å². The first-order valence-corrected chi connectivity index (χ1v) is 15.6. The van der Waals surface area contributed by atoms with Crippen LogP contribution < -0.4 is 14.5 Å². The monoisotopic (exact) mass is 704 g/mol. The number of ether oxygens (including phenoxy) is 3. The van der Waals surface area contributed by atoms with Crippen molar-refractivity contribution in [1.82, 2.24) is 14.6 Å². The van der Waals surface area contributed by atoms with E-state index in [2.05, 4.69) is 0 Å². The van der Waals surface area contributed by atoms with Crippen LogP contribution in [0.4, 0.5) is 30.1 Å². The molecule has 51 heavy (non-hydrogen) atoms. The quantitative estimate of drug-likeness (QED) is 0.144. The van der Waals surface area contributed by atoms with Gasteiger partial charge in [-0.2, -0.15) is 0 Å². The normalized spacial score (nSPS) is 13.9. The minimum Gasteiger partial charge on any atom is -0.444 e. The largest absolute Gasteiger partial charge is 0.444 e. The predicted octanol–water partition coefficient (Wildman–Crippen LogP) is 7.31. The average Bonchev–Trinajstić information content (AvgIpc) is 3.43. The number of non-ortho nitro benzene ring substituents is 2. The second kappa shape index (κ2) is 13.9. The Morgan fingerprint density at radius 3 is 1.78 bits per heavy atom. The summed E-state index contributed by atoms with van der Waals surface area (Å²) >= 11 is 0. The van der Waals surface area contributed by atoms with E-state index in [9.17, 15) is 39.0 Å². The lowest BCUT2D eigenvalue weighted by Crippen LogP contribution is -2.51. The smallest absolute Gasteiger partial charge is 0.444 e. The molecule has 1 aliphatic rings. The van der Waals surface area contributed by atoms with Crippen molar-refractivity contribution in [1.29, 1.82) is 0 Å². The highest BCUT2D eigenvalue weighted by atomic mass is 19.1. The summed E-state index contributed by atoms with van der Waals surface area (Å²) in [5, 5.41) is 22.9. The number of hydrogen-bond donors (Lipinski definition) is 0. The number of aromatic nitrogens is 2. The fraction of sp³-hybridized carbons (Fsp3) is 0.294. The van der Waals surface area contributed by atoms with Crippen molar-refractivity contribution in [2.75, 3.05) is 11.6 Å². The predicted molar refractivity (Wildman–Crippen MR) is 179 cm³/mol. The molecule has 0 unspecified atom stereocenters. The molecule has 2 heterocycles. The van der Waals surface area contributed by atoms with Gasteiger partial charge in [-0.25, -0.2) is 28.4 Å². The summed E-state index contributed by atoms with van der Waals surface area (Å²) in [5.74, 6) is -0.833. The van der Waals surface area contributed by atoms with Crippen molar-refractivity contribution in [3.05, 3.63) is 109 Å². The molecule has 3 amide bonds. The average molecular weight is 705 g/mol. The van der Waals surface area contributed by atoms with Crippen LogP contribution in [0.25, 0.3) is 11.4 Å². The highest BCUT2D eigenvalue weighted by Crippen LogP contribution is 2.36. The summed E-state index contributed by atoms with van der Waals surface area (Å²) < 4.78 is 32.6. The third-order valence-corrected chi connectivity index (χ3v) is 7.79. The van der Waals surface area contributed by atoms with Gasteiger partial charge in [-0.3, -0.25) is 25.1 Å². The summed E-state index contributed by atoms with van der Waals surface area (Å²) in [6, 6.07) is 11.1. The lowest BCUT2D eigenvalue weighted by molar-refractivity contribution is -0.385. The fourth-order valence-electron chi connectivity index (χ4n) is 5.47. The molecule has 0 aliphatic carbocycles. The van der Waals surface area contributed by atoms with Crippen LogP contribution in [0.1, 0.15) is 56.3 Å². The summed E-state index contributed by atoms with van der Waals surface area (Å²) in [5.41, 5.74) is -0.0318. The van der Waals surface area contributed by atoms with E-state index in [-0.39, 0.29) is 58.5 Å². The zero-order valence-corrected chi connectivity index (χ0v) is 28.4. The topological polar surface area (TPSA) is 189 Å². The Hall–Kier alpha value is -6.39. The van der Waals surface area contributed by atoms with Crippen molar-refractivity contribution >= 4 is 29.7 Å². The molecule has 16 nitrogen and oxygen atoms in total. The number of nitro groups is 2. The zero-order valence-electron chi connectivity index (χ0n) is 28.4. The molecule has 0 fully saturated rings. The molecule has 0 bridgehead atoms. The molecule has 3 aromatic carbocycles. The number of imidazole rings is 1. The highest BCUT2D eigenvalue weighted by Gasteiger charge is 2.41. The lowest BCUT2D eigenvalue weighted by Gasteiger charge is -2.36. The minimum absolute atomic E-state index is 0.00890. The van der Waals surface area contributed by atoms with Crippen LogP contribution in [0, 0.1) is 39.9 Å². The number of rotatable bonds is 6. The van der Waals surface area contributed by atoms with E-state index in [1.54, 1.807) is 27.7 Å². The lowest BCUT2D eigenvalue weighted by atomic mass is 10.0. The van der Waals surface area contributed by atoms with Gasteiger partial charge in [0.25, 0.3) is 11.4 Å². The number of amides is 3. The van der Waals surface area contributed by atoms with Crippen LogP contribution in [0.15, 0.2) is 60.7 Å². The number of hydrogen-bond acceptors (Lipinski definition) is 11. The van der Waals surface area contributed by atoms with Gasteiger partial charge in [0.15, 0.2) is 5.82 Å². The number of nitrogens with zero attached hydrogens (tertiary/aromatic N) is 6. The fourth-order valence-corrected chi connectivity index (χ4v) is 5.47. The number of fused-ring (bicyclic) bond motifs is 1. The van der Waals surface area contributed by atoms with E-state index in [0.29, 0.717) is 16.3 Å². The van der Waals surface area contributed by atoms with E-state index in [1.165, 1.54) is 30.9 Å².